The Morgan fingerprint density at radius 3 is 2.67 bits per heavy atom. The normalized spacial score (nSPS) is 16.4. The van der Waals surface area contributed by atoms with Crippen LogP contribution in [0.1, 0.15) is 25.3 Å². The van der Waals surface area contributed by atoms with Crippen molar-refractivity contribution in [3.8, 4) is 0 Å². The highest BCUT2D eigenvalue weighted by Crippen LogP contribution is 2.29. The summed E-state index contributed by atoms with van der Waals surface area (Å²) in [5.74, 6) is -1.44. The van der Waals surface area contributed by atoms with Gasteiger partial charge >= 0.3 is 0 Å². The molecule has 98 valence electrons. The number of nitrogens with zero attached hydrogens (tertiary/aromatic N) is 1. The van der Waals surface area contributed by atoms with Crippen LogP contribution in [0.3, 0.4) is 0 Å². The average molecular weight is 254 g/mol. The predicted octanol–water partition coefficient (Wildman–Crippen LogP) is 1.80. The van der Waals surface area contributed by atoms with Gasteiger partial charge in [0.1, 0.15) is 11.6 Å². The number of hydrogen-bond donors (Lipinski definition) is 1. The van der Waals surface area contributed by atoms with Gasteiger partial charge in [0.05, 0.1) is 6.04 Å². The molecule has 0 heterocycles. The van der Waals surface area contributed by atoms with Crippen molar-refractivity contribution >= 4 is 5.91 Å². The number of benzene rings is 1. The zero-order valence-corrected chi connectivity index (χ0v) is 10.2. The quantitative estimate of drug-likeness (QED) is 0.890. The van der Waals surface area contributed by atoms with Gasteiger partial charge in [-0.25, -0.2) is 8.78 Å². The van der Waals surface area contributed by atoms with Crippen molar-refractivity contribution in [2.45, 2.75) is 38.4 Å². The van der Waals surface area contributed by atoms with Crippen LogP contribution in [0.2, 0.25) is 0 Å². The molecular formula is C13H16F2N2O. The van der Waals surface area contributed by atoms with Crippen molar-refractivity contribution in [2.24, 2.45) is 5.73 Å². The molecule has 1 aliphatic carbocycles. The maximum Gasteiger partial charge on any atom is 0.239 e. The van der Waals surface area contributed by atoms with Gasteiger partial charge in [0.25, 0.3) is 0 Å². The first-order chi connectivity index (χ1) is 8.49. The molecule has 1 fully saturated rings. The minimum Gasteiger partial charge on any atom is -0.334 e. The van der Waals surface area contributed by atoms with Gasteiger partial charge in [-0.1, -0.05) is 6.07 Å². The molecule has 1 atom stereocenters. The second-order valence-electron chi connectivity index (χ2n) is 4.72. The number of rotatable bonds is 4. The summed E-state index contributed by atoms with van der Waals surface area (Å²) in [5, 5.41) is 0. The summed E-state index contributed by atoms with van der Waals surface area (Å²) < 4.78 is 26.4. The first-order valence-corrected chi connectivity index (χ1v) is 5.99. The lowest BCUT2D eigenvalue weighted by Gasteiger charge is -2.24. The van der Waals surface area contributed by atoms with Gasteiger partial charge in [0, 0.05) is 24.2 Å². The van der Waals surface area contributed by atoms with Gasteiger partial charge in [0.15, 0.2) is 0 Å². The molecule has 0 radical (unpaired) electrons. The molecule has 1 saturated carbocycles. The summed E-state index contributed by atoms with van der Waals surface area (Å²) in [4.78, 5) is 13.5. The number of amides is 1. The highest BCUT2D eigenvalue weighted by molar-refractivity contribution is 5.81. The van der Waals surface area contributed by atoms with E-state index in [0.29, 0.717) is 5.56 Å². The summed E-state index contributed by atoms with van der Waals surface area (Å²) in [5.41, 5.74) is 5.89. The fourth-order valence-electron chi connectivity index (χ4n) is 1.87. The molecule has 2 rings (SSSR count). The Labute approximate surface area is 105 Å². The lowest BCUT2D eigenvalue weighted by atomic mass is 10.1. The zero-order valence-electron chi connectivity index (χ0n) is 10.2. The number of carbonyl (C=O) groups is 1. The van der Waals surface area contributed by atoms with E-state index in [2.05, 4.69) is 0 Å². The van der Waals surface area contributed by atoms with Crippen LogP contribution in [-0.2, 0) is 11.3 Å². The van der Waals surface area contributed by atoms with Crippen LogP contribution in [0.25, 0.3) is 0 Å². The number of halogens is 2. The van der Waals surface area contributed by atoms with Gasteiger partial charge in [-0.15, -0.1) is 0 Å². The highest BCUT2D eigenvalue weighted by atomic mass is 19.1. The SMILES string of the molecule is C[C@@H](N)C(=O)N(Cc1ccc(F)cc1F)C1CC1. The zero-order chi connectivity index (χ0) is 13.3. The van der Waals surface area contributed by atoms with E-state index in [1.165, 1.54) is 12.1 Å². The lowest BCUT2D eigenvalue weighted by molar-refractivity contribution is -0.133. The minimum absolute atomic E-state index is 0.146. The molecule has 0 unspecified atom stereocenters. The van der Waals surface area contributed by atoms with Gasteiger partial charge in [-0.2, -0.15) is 0 Å². The van der Waals surface area contributed by atoms with Gasteiger partial charge in [-0.05, 0) is 25.8 Å². The van der Waals surface area contributed by atoms with E-state index < -0.39 is 17.7 Å². The lowest BCUT2D eigenvalue weighted by Crippen LogP contribution is -2.43. The average Bonchev–Trinajstić information content (AvgIpc) is 3.11. The van der Waals surface area contributed by atoms with Crippen LogP contribution in [0, 0.1) is 11.6 Å². The Kier molecular flexibility index (Phi) is 3.61. The summed E-state index contributed by atoms with van der Waals surface area (Å²) >= 11 is 0. The maximum absolute atomic E-state index is 13.5. The molecule has 18 heavy (non-hydrogen) atoms. The molecule has 3 nitrogen and oxygen atoms in total. The van der Waals surface area contributed by atoms with E-state index in [1.807, 2.05) is 0 Å². The fourth-order valence-corrected chi connectivity index (χ4v) is 1.87. The van der Waals surface area contributed by atoms with Crippen LogP contribution >= 0.6 is 0 Å². The molecule has 1 aromatic carbocycles. The van der Waals surface area contributed by atoms with Crippen LogP contribution in [0.5, 0.6) is 0 Å². The van der Waals surface area contributed by atoms with Crippen LogP contribution in [0.4, 0.5) is 8.78 Å². The molecular weight excluding hydrogens is 238 g/mol. The van der Waals surface area contributed by atoms with E-state index in [0.717, 1.165) is 18.9 Å². The molecule has 0 bridgehead atoms. The Bertz CT molecular complexity index is 458. The number of carbonyl (C=O) groups excluding carboxylic acids is 1. The first kappa shape index (κ1) is 13.0. The highest BCUT2D eigenvalue weighted by Gasteiger charge is 2.34. The van der Waals surface area contributed by atoms with Gasteiger partial charge in [-0.3, -0.25) is 4.79 Å². The number of nitrogens with two attached hydrogens (primary N) is 1. The van der Waals surface area contributed by atoms with Crippen molar-refractivity contribution in [1.29, 1.82) is 0 Å². The summed E-state index contributed by atoms with van der Waals surface area (Å²) in [6.07, 6.45) is 1.84. The van der Waals surface area contributed by atoms with Crippen molar-refractivity contribution in [1.82, 2.24) is 4.90 Å². The summed E-state index contributed by atoms with van der Waals surface area (Å²) in [7, 11) is 0. The molecule has 1 amide bonds. The first-order valence-electron chi connectivity index (χ1n) is 5.99. The third-order valence-corrected chi connectivity index (χ3v) is 3.02. The number of hydrogen-bond acceptors (Lipinski definition) is 2. The Hall–Kier alpha value is -1.49. The second-order valence-corrected chi connectivity index (χ2v) is 4.72. The largest absolute Gasteiger partial charge is 0.334 e. The fraction of sp³-hybridized carbons (Fsp3) is 0.462. The summed E-state index contributed by atoms with van der Waals surface area (Å²) in [6.45, 7) is 1.76. The molecule has 5 heteroatoms. The van der Waals surface area contributed by atoms with Crippen molar-refractivity contribution in [3.63, 3.8) is 0 Å². The standard InChI is InChI=1S/C13H16F2N2O/c1-8(16)13(18)17(11-4-5-11)7-9-2-3-10(14)6-12(9)15/h2-3,6,8,11H,4-5,7,16H2,1H3/t8-/m1/s1. The molecule has 0 aliphatic heterocycles. The Morgan fingerprint density at radius 2 is 2.17 bits per heavy atom. The van der Waals surface area contributed by atoms with E-state index >= 15 is 0 Å². The van der Waals surface area contributed by atoms with Crippen LogP contribution in [0.15, 0.2) is 18.2 Å². The smallest absolute Gasteiger partial charge is 0.239 e. The van der Waals surface area contributed by atoms with Crippen molar-refractivity contribution < 1.29 is 13.6 Å². The Morgan fingerprint density at radius 1 is 1.50 bits per heavy atom. The van der Waals surface area contributed by atoms with Gasteiger partial charge < -0.3 is 10.6 Å². The van der Waals surface area contributed by atoms with Crippen LogP contribution < -0.4 is 5.73 Å². The van der Waals surface area contributed by atoms with E-state index in [9.17, 15) is 13.6 Å². The predicted molar refractivity (Wildman–Crippen MR) is 63.6 cm³/mol. The summed E-state index contributed by atoms with van der Waals surface area (Å²) in [6, 6.07) is 2.94. The molecule has 2 N–H and O–H groups in total. The topological polar surface area (TPSA) is 46.3 Å². The molecule has 0 saturated heterocycles. The van der Waals surface area contributed by atoms with Gasteiger partial charge in [0.2, 0.25) is 5.91 Å². The van der Waals surface area contributed by atoms with E-state index in [4.69, 9.17) is 5.73 Å². The molecule has 0 spiro atoms. The maximum atomic E-state index is 13.5. The van der Waals surface area contributed by atoms with E-state index in [1.54, 1.807) is 11.8 Å². The van der Waals surface area contributed by atoms with E-state index in [-0.39, 0.29) is 18.5 Å². The third-order valence-electron chi connectivity index (χ3n) is 3.02. The Balaban J connectivity index is 2.16. The molecule has 1 aliphatic rings. The third kappa shape index (κ3) is 2.85. The second kappa shape index (κ2) is 5.02. The molecule has 1 aromatic rings. The van der Waals surface area contributed by atoms with Crippen LogP contribution in [-0.4, -0.2) is 22.9 Å². The monoisotopic (exact) mass is 254 g/mol. The minimum atomic E-state index is -0.627. The van der Waals surface area contributed by atoms with Crippen molar-refractivity contribution in [2.75, 3.05) is 0 Å². The van der Waals surface area contributed by atoms with Crippen molar-refractivity contribution in [3.05, 3.63) is 35.4 Å². The molecule has 0 aromatic heterocycles.